The molecule has 3 unspecified atom stereocenters. The summed E-state index contributed by atoms with van der Waals surface area (Å²) in [4.78, 5) is 0. The molecule has 2 fully saturated rings. The highest BCUT2D eigenvalue weighted by Crippen LogP contribution is 2.30. The van der Waals surface area contributed by atoms with E-state index in [-0.39, 0.29) is 12.4 Å². The molecule has 4 rings (SSSR count). The van der Waals surface area contributed by atoms with Gasteiger partial charge in [0.05, 0.1) is 19.4 Å². The van der Waals surface area contributed by atoms with Crippen LogP contribution in [0.25, 0.3) is 11.1 Å². The Kier molecular flexibility index (Phi) is 6.70. The fraction of sp³-hybridized carbons (Fsp3) is 0.550. The van der Waals surface area contributed by atoms with E-state index < -0.39 is 0 Å². The molecule has 6 heteroatoms. The van der Waals surface area contributed by atoms with Gasteiger partial charge in [-0.2, -0.15) is 5.10 Å². The van der Waals surface area contributed by atoms with E-state index in [1.54, 1.807) is 0 Å². The molecule has 3 atom stereocenters. The van der Waals surface area contributed by atoms with Crippen molar-refractivity contribution in [2.45, 2.75) is 37.9 Å². The molecule has 142 valence electrons. The van der Waals surface area contributed by atoms with Crippen molar-refractivity contribution < 1.29 is 4.74 Å². The quantitative estimate of drug-likeness (QED) is 0.842. The molecule has 0 spiro atoms. The molecule has 2 aliphatic rings. The molecule has 26 heavy (non-hydrogen) atoms. The Hall–Kier alpha value is -1.40. The van der Waals surface area contributed by atoms with Crippen LogP contribution in [-0.2, 0) is 18.3 Å². The van der Waals surface area contributed by atoms with Gasteiger partial charge in [0.1, 0.15) is 0 Å². The van der Waals surface area contributed by atoms with Crippen LogP contribution >= 0.6 is 12.4 Å². The molecule has 0 bridgehead atoms. The summed E-state index contributed by atoms with van der Waals surface area (Å²) in [6, 6.07) is 9.87. The molecule has 0 amide bonds. The minimum Gasteiger partial charge on any atom is -0.379 e. The van der Waals surface area contributed by atoms with E-state index in [0.29, 0.717) is 18.0 Å². The maximum absolute atomic E-state index is 5.67. The average Bonchev–Trinajstić information content (AvgIpc) is 3.30. The topological polar surface area (TPSA) is 51.1 Å². The number of aryl methyl sites for hydroxylation is 1. The van der Waals surface area contributed by atoms with Crippen LogP contribution in [0.1, 0.15) is 24.8 Å². The molecule has 1 saturated carbocycles. The fourth-order valence-electron chi connectivity index (χ4n) is 4.26. The minimum absolute atomic E-state index is 0. The molecular weight excluding hydrogens is 348 g/mol. The normalized spacial score (nSPS) is 25.8. The lowest BCUT2D eigenvalue weighted by molar-refractivity contribution is 0.0524. The Morgan fingerprint density at radius 1 is 1.31 bits per heavy atom. The van der Waals surface area contributed by atoms with Gasteiger partial charge >= 0.3 is 0 Å². The number of nitrogens with zero attached hydrogens (tertiary/aromatic N) is 2. The monoisotopic (exact) mass is 376 g/mol. The number of morpholine rings is 1. The molecule has 0 radical (unpaired) electrons. The fourth-order valence-corrected chi connectivity index (χ4v) is 4.26. The first-order chi connectivity index (χ1) is 12.3. The Bertz CT molecular complexity index is 699. The molecule has 1 aliphatic heterocycles. The number of ether oxygens (including phenoxy) is 1. The second-order valence-corrected chi connectivity index (χ2v) is 7.32. The summed E-state index contributed by atoms with van der Waals surface area (Å²) in [7, 11) is 1.96. The van der Waals surface area contributed by atoms with Crippen molar-refractivity contribution in [3.63, 3.8) is 0 Å². The van der Waals surface area contributed by atoms with Crippen molar-refractivity contribution in [1.82, 2.24) is 20.4 Å². The van der Waals surface area contributed by atoms with Crippen LogP contribution in [-0.4, -0.2) is 41.6 Å². The Morgan fingerprint density at radius 3 is 3.00 bits per heavy atom. The van der Waals surface area contributed by atoms with Crippen molar-refractivity contribution in [3.05, 3.63) is 42.2 Å². The SMILES string of the molecule is Cl.Cn1cc(-c2cccc(CNC3CCCC3C3COCCN3)c2)cn1. The van der Waals surface area contributed by atoms with E-state index in [2.05, 4.69) is 46.2 Å². The molecule has 1 aromatic heterocycles. The minimum atomic E-state index is 0. The summed E-state index contributed by atoms with van der Waals surface area (Å²) in [5.41, 5.74) is 3.74. The number of hydrogen-bond donors (Lipinski definition) is 2. The van der Waals surface area contributed by atoms with E-state index in [1.165, 1.54) is 36.0 Å². The van der Waals surface area contributed by atoms with E-state index >= 15 is 0 Å². The third kappa shape index (κ3) is 4.46. The van der Waals surface area contributed by atoms with Crippen molar-refractivity contribution >= 4 is 12.4 Å². The molecule has 1 saturated heterocycles. The van der Waals surface area contributed by atoms with Crippen LogP contribution in [0, 0.1) is 5.92 Å². The van der Waals surface area contributed by atoms with Crippen LogP contribution in [0.4, 0.5) is 0 Å². The van der Waals surface area contributed by atoms with E-state index in [9.17, 15) is 0 Å². The van der Waals surface area contributed by atoms with Crippen LogP contribution < -0.4 is 10.6 Å². The van der Waals surface area contributed by atoms with Gasteiger partial charge in [-0.3, -0.25) is 4.68 Å². The second kappa shape index (κ2) is 9.00. The summed E-state index contributed by atoms with van der Waals surface area (Å²) in [6.07, 6.45) is 7.87. The lowest BCUT2D eigenvalue weighted by Gasteiger charge is -2.33. The zero-order valence-electron chi connectivity index (χ0n) is 15.4. The number of aromatic nitrogens is 2. The first kappa shape index (κ1) is 19.4. The van der Waals surface area contributed by atoms with Gasteiger partial charge in [0.2, 0.25) is 0 Å². The average molecular weight is 377 g/mol. The predicted molar refractivity (Wildman–Crippen MR) is 106 cm³/mol. The van der Waals surface area contributed by atoms with Crippen LogP contribution in [0.15, 0.2) is 36.7 Å². The largest absolute Gasteiger partial charge is 0.379 e. The maximum atomic E-state index is 5.67. The van der Waals surface area contributed by atoms with Crippen LogP contribution in [0.5, 0.6) is 0 Å². The third-order valence-electron chi connectivity index (χ3n) is 5.57. The molecule has 2 aromatic rings. The lowest BCUT2D eigenvalue weighted by atomic mass is 9.93. The first-order valence-corrected chi connectivity index (χ1v) is 9.42. The van der Waals surface area contributed by atoms with Gasteiger partial charge in [0.25, 0.3) is 0 Å². The number of benzene rings is 1. The van der Waals surface area contributed by atoms with Gasteiger partial charge in [0.15, 0.2) is 0 Å². The van der Waals surface area contributed by atoms with Gasteiger partial charge < -0.3 is 15.4 Å². The molecule has 5 nitrogen and oxygen atoms in total. The van der Waals surface area contributed by atoms with E-state index in [4.69, 9.17) is 4.74 Å². The summed E-state index contributed by atoms with van der Waals surface area (Å²) < 4.78 is 7.52. The van der Waals surface area contributed by atoms with E-state index in [1.807, 2.05) is 17.9 Å². The zero-order valence-corrected chi connectivity index (χ0v) is 16.2. The lowest BCUT2D eigenvalue weighted by Crippen LogP contribution is -2.50. The summed E-state index contributed by atoms with van der Waals surface area (Å²) >= 11 is 0. The maximum Gasteiger partial charge on any atom is 0.0623 e. The van der Waals surface area contributed by atoms with Crippen LogP contribution in [0.3, 0.4) is 0 Å². The summed E-state index contributed by atoms with van der Waals surface area (Å²) in [5.74, 6) is 0.682. The van der Waals surface area contributed by atoms with Gasteiger partial charge in [-0.1, -0.05) is 24.6 Å². The van der Waals surface area contributed by atoms with E-state index in [0.717, 1.165) is 26.3 Å². The molecule has 1 aliphatic carbocycles. The zero-order chi connectivity index (χ0) is 17.1. The number of hydrogen-bond acceptors (Lipinski definition) is 4. The van der Waals surface area contributed by atoms with Gasteiger partial charge in [-0.25, -0.2) is 0 Å². The summed E-state index contributed by atoms with van der Waals surface area (Å²) in [5, 5.41) is 11.7. The van der Waals surface area contributed by atoms with Crippen molar-refractivity contribution in [3.8, 4) is 11.1 Å². The second-order valence-electron chi connectivity index (χ2n) is 7.32. The van der Waals surface area contributed by atoms with Gasteiger partial charge in [0, 0.05) is 44.0 Å². The van der Waals surface area contributed by atoms with Gasteiger partial charge in [-0.15, -0.1) is 12.4 Å². The highest BCUT2D eigenvalue weighted by Gasteiger charge is 2.34. The smallest absolute Gasteiger partial charge is 0.0623 e. The molecule has 2 heterocycles. The first-order valence-electron chi connectivity index (χ1n) is 9.42. The highest BCUT2D eigenvalue weighted by atomic mass is 35.5. The van der Waals surface area contributed by atoms with Gasteiger partial charge in [-0.05, 0) is 36.0 Å². The Balaban J connectivity index is 0.00000196. The number of nitrogens with one attached hydrogen (secondary N) is 2. The molecular formula is C20H29ClN4O. The predicted octanol–water partition coefficient (Wildman–Crippen LogP) is 2.76. The number of halogens is 1. The standard InChI is InChI=1S/C20H28N4O.ClH/c1-24-13-17(12-23-24)16-5-2-4-15(10-16)11-22-19-7-3-6-18(19)20-14-25-9-8-21-20;/h2,4-5,10,12-13,18-22H,3,6-9,11,14H2,1H3;1H. The van der Waals surface area contributed by atoms with Crippen molar-refractivity contribution in [2.24, 2.45) is 13.0 Å². The third-order valence-corrected chi connectivity index (χ3v) is 5.57. The number of rotatable bonds is 5. The molecule has 2 N–H and O–H groups in total. The Labute approximate surface area is 161 Å². The summed E-state index contributed by atoms with van der Waals surface area (Å²) in [6.45, 7) is 3.62. The molecule has 1 aromatic carbocycles. The van der Waals surface area contributed by atoms with Crippen molar-refractivity contribution in [2.75, 3.05) is 19.8 Å². The highest BCUT2D eigenvalue weighted by molar-refractivity contribution is 5.85. The Morgan fingerprint density at radius 2 is 2.23 bits per heavy atom. The van der Waals surface area contributed by atoms with Crippen LogP contribution in [0.2, 0.25) is 0 Å². The van der Waals surface area contributed by atoms with Crippen molar-refractivity contribution in [1.29, 1.82) is 0 Å².